The van der Waals surface area contributed by atoms with E-state index >= 15 is 0 Å². The number of nitrogens with one attached hydrogen (secondary N) is 1. The van der Waals surface area contributed by atoms with Gasteiger partial charge in [-0.3, -0.25) is 4.90 Å². The molecule has 3 aliphatic rings. The zero-order valence-corrected chi connectivity index (χ0v) is 18.4. The number of para-hydroxylation sites is 1. The van der Waals surface area contributed by atoms with E-state index in [0.717, 1.165) is 26.1 Å². The highest BCUT2D eigenvalue weighted by Crippen LogP contribution is 2.39. The Morgan fingerprint density at radius 3 is 2.84 bits per heavy atom. The molecule has 1 N–H and O–H groups in total. The van der Waals surface area contributed by atoms with Gasteiger partial charge in [0.2, 0.25) is 22.6 Å². The normalized spacial score (nSPS) is 19.8. The van der Waals surface area contributed by atoms with Crippen molar-refractivity contribution in [1.29, 1.82) is 0 Å². The summed E-state index contributed by atoms with van der Waals surface area (Å²) < 4.78 is 55.7. The van der Waals surface area contributed by atoms with E-state index in [9.17, 15) is 8.42 Å². The zero-order chi connectivity index (χ0) is 22.0. The van der Waals surface area contributed by atoms with Gasteiger partial charge in [-0.25, -0.2) is 13.1 Å². The summed E-state index contributed by atoms with van der Waals surface area (Å²) in [5.74, 6) is 3.33. The van der Waals surface area contributed by atoms with E-state index in [4.69, 9.17) is 23.7 Å². The van der Waals surface area contributed by atoms with Crippen molar-refractivity contribution in [3.05, 3.63) is 36.4 Å². The lowest BCUT2D eigenvalue weighted by molar-refractivity contribution is 0.158. The van der Waals surface area contributed by atoms with Crippen molar-refractivity contribution in [2.45, 2.75) is 11.3 Å². The molecule has 1 unspecified atom stereocenters. The van der Waals surface area contributed by atoms with Crippen LogP contribution in [0.15, 0.2) is 41.3 Å². The molecular formula is C22H26N2O7S. The Morgan fingerprint density at radius 1 is 1.03 bits per heavy atom. The van der Waals surface area contributed by atoms with Crippen LogP contribution in [-0.4, -0.2) is 66.1 Å². The van der Waals surface area contributed by atoms with Crippen LogP contribution in [0.25, 0.3) is 0 Å². The van der Waals surface area contributed by atoms with Crippen LogP contribution in [0.4, 0.5) is 0 Å². The molecule has 5 rings (SSSR count). The quantitative estimate of drug-likeness (QED) is 0.635. The number of rotatable bonds is 8. The molecule has 32 heavy (non-hydrogen) atoms. The molecule has 0 radical (unpaired) electrons. The number of ether oxygens (including phenoxy) is 5. The molecule has 1 saturated heterocycles. The van der Waals surface area contributed by atoms with Gasteiger partial charge < -0.3 is 23.7 Å². The molecule has 9 nitrogen and oxygen atoms in total. The summed E-state index contributed by atoms with van der Waals surface area (Å²) in [5, 5.41) is 0. The van der Waals surface area contributed by atoms with Crippen LogP contribution in [0.5, 0.6) is 28.7 Å². The maximum atomic E-state index is 12.7. The molecule has 0 amide bonds. The number of sulfonamides is 1. The highest BCUT2D eigenvalue weighted by Gasteiger charge is 2.26. The molecule has 2 aromatic carbocycles. The minimum atomic E-state index is -3.60. The van der Waals surface area contributed by atoms with E-state index in [1.54, 1.807) is 6.07 Å². The first-order chi connectivity index (χ1) is 15.6. The molecule has 1 atom stereocenters. The highest BCUT2D eigenvalue weighted by molar-refractivity contribution is 7.89. The zero-order valence-electron chi connectivity index (χ0n) is 17.6. The van der Waals surface area contributed by atoms with Crippen molar-refractivity contribution in [3.8, 4) is 28.7 Å². The molecule has 172 valence electrons. The smallest absolute Gasteiger partial charge is 0.240 e. The Kier molecular flexibility index (Phi) is 5.99. The van der Waals surface area contributed by atoms with E-state index in [-0.39, 0.29) is 17.6 Å². The number of hydrogen-bond acceptors (Lipinski definition) is 8. The van der Waals surface area contributed by atoms with Crippen LogP contribution in [-0.2, 0) is 10.0 Å². The lowest BCUT2D eigenvalue weighted by Gasteiger charge is -2.22. The predicted molar refractivity (Wildman–Crippen MR) is 115 cm³/mol. The van der Waals surface area contributed by atoms with Crippen LogP contribution >= 0.6 is 0 Å². The fourth-order valence-electron chi connectivity index (χ4n) is 4.08. The van der Waals surface area contributed by atoms with E-state index in [1.165, 1.54) is 12.1 Å². The third kappa shape index (κ3) is 4.57. The lowest BCUT2D eigenvalue weighted by atomic mass is 10.1. The maximum Gasteiger partial charge on any atom is 0.240 e. The van der Waals surface area contributed by atoms with Gasteiger partial charge in [-0.1, -0.05) is 6.07 Å². The lowest BCUT2D eigenvalue weighted by Crippen LogP contribution is -2.32. The number of fused-ring (bicyclic) bond motifs is 2. The number of hydrogen-bond donors (Lipinski definition) is 1. The topological polar surface area (TPSA) is 95.6 Å². The van der Waals surface area contributed by atoms with Crippen LogP contribution in [0, 0.1) is 5.92 Å². The molecular weight excluding hydrogens is 436 g/mol. The first kappa shape index (κ1) is 21.2. The number of nitrogens with zero attached hydrogens (tertiary/aromatic N) is 1. The summed E-state index contributed by atoms with van der Waals surface area (Å²) >= 11 is 0. The maximum absolute atomic E-state index is 12.7. The largest absolute Gasteiger partial charge is 0.488 e. The Balaban J connectivity index is 1.08. The van der Waals surface area contributed by atoms with Crippen LogP contribution < -0.4 is 28.4 Å². The summed E-state index contributed by atoms with van der Waals surface area (Å²) in [6.45, 7) is 4.58. The summed E-state index contributed by atoms with van der Waals surface area (Å²) in [6, 6.07) is 10.3. The molecule has 0 bridgehead atoms. The molecule has 10 heteroatoms. The Labute approximate surface area is 187 Å². The van der Waals surface area contributed by atoms with Gasteiger partial charge >= 0.3 is 0 Å². The summed E-state index contributed by atoms with van der Waals surface area (Å²) in [4.78, 5) is 2.47. The van der Waals surface area contributed by atoms with Gasteiger partial charge in [0.05, 0.1) is 4.90 Å². The molecule has 3 heterocycles. The second-order valence-corrected chi connectivity index (χ2v) is 9.72. The van der Waals surface area contributed by atoms with Crippen molar-refractivity contribution < 1.29 is 32.1 Å². The molecule has 0 spiro atoms. The monoisotopic (exact) mass is 462 g/mol. The average molecular weight is 463 g/mol. The number of likely N-dealkylation sites (tertiary alicyclic amines) is 1. The van der Waals surface area contributed by atoms with E-state index in [1.807, 2.05) is 18.2 Å². The van der Waals surface area contributed by atoms with Crippen LogP contribution in [0.2, 0.25) is 0 Å². The predicted octanol–water partition coefficient (Wildman–Crippen LogP) is 1.87. The standard InChI is InChI=1S/C22H26N2O7S/c25-32(26,17-4-5-18-21(12-17)31-15-30-18)23-13-16-6-7-24(14-16)8-9-27-19-2-1-3-20-22(19)29-11-10-28-20/h1-5,12,16,23H,6-11,13-15H2. The van der Waals surface area contributed by atoms with Gasteiger partial charge in [0, 0.05) is 25.7 Å². The minimum Gasteiger partial charge on any atom is -0.488 e. The third-order valence-electron chi connectivity index (χ3n) is 5.78. The van der Waals surface area contributed by atoms with Gasteiger partial charge in [-0.2, -0.15) is 0 Å². The fourth-order valence-corrected chi connectivity index (χ4v) is 5.21. The Bertz CT molecular complexity index is 1080. The molecule has 2 aromatic rings. The molecule has 0 aliphatic carbocycles. The van der Waals surface area contributed by atoms with Gasteiger partial charge in [-0.05, 0) is 43.1 Å². The van der Waals surface area contributed by atoms with Gasteiger partial charge in [0.1, 0.15) is 19.8 Å². The first-order valence-corrected chi connectivity index (χ1v) is 12.2. The third-order valence-corrected chi connectivity index (χ3v) is 7.20. The van der Waals surface area contributed by atoms with Crippen molar-refractivity contribution in [2.75, 3.05) is 52.8 Å². The summed E-state index contributed by atoms with van der Waals surface area (Å²) in [5.41, 5.74) is 0. The first-order valence-electron chi connectivity index (χ1n) is 10.7. The van der Waals surface area contributed by atoms with Crippen molar-refractivity contribution in [1.82, 2.24) is 9.62 Å². The molecule has 0 aromatic heterocycles. The highest BCUT2D eigenvalue weighted by atomic mass is 32.2. The SMILES string of the molecule is O=S(=O)(NCC1CCN(CCOc2cccc3c2OCCO3)C1)c1ccc2c(c1)OCO2. The molecule has 3 aliphatic heterocycles. The summed E-state index contributed by atoms with van der Waals surface area (Å²) in [7, 11) is -3.60. The van der Waals surface area contributed by atoms with Crippen molar-refractivity contribution in [3.63, 3.8) is 0 Å². The molecule has 0 saturated carbocycles. The van der Waals surface area contributed by atoms with E-state index < -0.39 is 10.0 Å². The van der Waals surface area contributed by atoms with Gasteiger partial charge in [0.15, 0.2) is 23.0 Å². The van der Waals surface area contributed by atoms with Crippen molar-refractivity contribution in [2.24, 2.45) is 5.92 Å². The Morgan fingerprint density at radius 2 is 1.91 bits per heavy atom. The van der Waals surface area contributed by atoms with E-state index in [2.05, 4.69) is 9.62 Å². The van der Waals surface area contributed by atoms with Crippen molar-refractivity contribution >= 4 is 10.0 Å². The second kappa shape index (κ2) is 9.05. The van der Waals surface area contributed by atoms with Gasteiger partial charge in [0.25, 0.3) is 0 Å². The average Bonchev–Trinajstić information content (AvgIpc) is 3.47. The second-order valence-electron chi connectivity index (χ2n) is 7.95. The van der Waals surface area contributed by atoms with E-state index in [0.29, 0.717) is 55.1 Å². The Hall–Kier alpha value is -2.69. The van der Waals surface area contributed by atoms with Crippen LogP contribution in [0.3, 0.4) is 0 Å². The minimum absolute atomic E-state index is 0.113. The fraction of sp³-hybridized carbons (Fsp3) is 0.455. The van der Waals surface area contributed by atoms with Crippen LogP contribution in [0.1, 0.15) is 6.42 Å². The number of benzene rings is 2. The molecule has 1 fully saturated rings. The summed E-state index contributed by atoms with van der Waals surface area (Å²) in [6.07, 6.45) is 0.932. The van der Waals surface area contributed by atoms with Gasteiger partial charge in [-0.15, -0.1) is 0 Å².